The lowest BCUT2D eigenvalue weighted by Gasteiger charge is -2.05. The molecule has 0 bridgehead atoms. The van der Waals surface area contributed by atoms with Gasteiger partial charge in [-0.1, -0.05) is 17.8 Å². The molecule has 1 N–H and O–H groups in total. The highest BCUT2D eigenvalue weighted by atomic mass is 32.2. The number of aromatic nitrogens is 2. The van der Waals surface area contributed by atoms with E-state index in [0.29, 0.717) is 5.89 Å². The van der Waals surface area contributed by atoms with Gasteiger partial charge in [0.15, 0.2) is 0 Å². The number of thioether (sulfide) groups is 1. The summed E-state index contributed by atoms with van der Waals surface area (Å²) in [6.07, 6.45) is 0. The summed E-state index contributed by atoms with van der Waals surface area (Å²) in [5, 5.41) is 12.1. The Bertz CT molecular complexity index is 821. The fourth-order valence-electron chi connectivity index (χ4n) is 1.67. The summed E-state index contributed by atoms with van der Waals surface area (Å²) < 4.78 is 31.9. The minimum absolute atomic E-state index is 0.0674. The molecule has 9 heteroatoms. The van der Waals surface area contributed by atoms with Crippen LogP contribution in [0.15, 0.2) is 45.4 Å². The van der Waals surface area contributed by atoms with Crippen LogP contribution in [-0.2, 0) is 4.79 Å². The topological polar surface area (TPSA) is 68.0 Å². The molecule has 118 valence electrons. The second kappa shape index (κ2) is 6.88. The zero-order chi connectivity index (χ0) is 16.2. The first-order valence-corrected chi connectivity index (χ1v) is 8.23. The van der Waals surface area contributed by atoms with Crippen LogP contribution >= 0.6 is 23.1 Å². The summed E-state index contributed by atoms with van der Waals surface area (Å²) in [6, 6.07) is 6.54. The van der Waals surface area contributed by atoms with Crippen LogP contribution in [0, 0.1) is 11.6 Å². The molecule has 5 nitrogen and oxygen atoms in total. The zero-order valence-corrected chi connectivity index (χ0v) is 13.1. The van der Waals surface area contributed by atoms with Gasteiger partial charge in [-0.25, -0.2) is 8.78 Å². The van der Waals surface area contributed by atoms with Crippen molar-refractivity contribution in [1.29, 1.82) is 0 Å². The molecule has 0 aliphatic carbocycles. The minimum Gasteiger partial charge on any atom is -0.410 e. The molecule has 0 spiro atoms. The van der Waals surface area contributed by atoms with Gasteiger partial charge in [0.05, 0.1) is 16.3 Å². The van der Waals surface area contributed by atoms with Crippen LogP contribution in [0.5, 0.6) is 0 Å². The van der Waals surface area contributed by atoms with Gasteiger partial charge in [0, 0.05) is 6.07 Å². The number of benzene rings is 1. The number of hydrogen-bond donors (Lipinski definition) is 1. The lowest BCUT2D eigenvalue weighted by molar-refractivity contribution is -0.113. The van der Waals surface area contributed by atoms with E-state index in [2.05, 4.69) is 15.5 Å². The first kappa shape index (κ1) is 15.6. The van der Waals surface area contributed by atoms with Gasteiger partial charge >= 0.3 is 0 Å². The Labute approximate surface area is 137 Å². The van der Waals surface area contributed by atoms with Gasteiger partial charge in [0.1, 0.15) is 11.6 Å². The Hall–Kier alpha value is -2.26. The van der Waals surface area contributed by atoms with Crippen molar-refractivity contribution in [3.05, 3.63) is 47.3 Å². The van der Waals surface area contributed by atoms with Gasteiger partial charge in [-0.15, -0.1) is 21.5 Å². The van der Waals surface area contributed by atoms with E-state index in [-0.39, 0.29) is 16.7 Å². The van der Waals surface area contributed by atoms with Gasteiger partial charge < -0.3 is 9.73 Å². The number of anilines is 1. The highest BCUT2D eigenvalue weighted by Crippen LogP contribution is 2.26. The van der Waals surface area contributed by atoms with Crippen molar-refractivity contribution in [2.45, 2.75) is 5.22 Å². The third-order valence-electron chi connectivity index (χ3n) is 2.67. The average Bonchev–Trinajstić information content (AvgIpc) is 3.19. The lowest BCUT2D eigenvalue weighted by Crippen LogP contribution is -2.15. The van der Waals surface area contributed by atoms with E-state index in [1.807, 2.05) is 17.5 Å². The van der Waals surface area contributed by atoms with Gasteiger partial charge in [-0.3, -0.25) is 4.79 Å². The van der Waals surface area contributed by atoms with E-state index in [9.17, 15) is 13.6 Å². The van der Waals surface area contributed by atoms with Crippen molar-refractivity contribution in [2.24, 2.45) is 0 Å². The molecule has 0 unspecified atom stereocenters. The number of hydrogen-bond acceptors (Lipinski definition) is 6. The smallest absolute Gasteiger partial charge is 0.277 e. The summed E-state index contributed by atoms with van der Waals surface area (Å²) in [5.74, 6) is -1.54. The Kier molecular flexibility index (Phi) is 4.68. The van der Waals surface area contributed by atoms with E-state index in [1.165, 1.54) is 11.3 Å². The molecule has 0 saturated heterocycles. The fourth-order valence-corrected chi connectivity index (χ4v) is 2.88. The van der Waals surface area contributed by atoms with Crippen molar-refractivity contribution in [3.63, 3.8) is 0 Å². The lowest BCUT2D eigenvalue weighted by atomic mass is 10.3. The van der Waals surface area contributed by atoms with Gasteiger partial charge in [-0.2, -0.15) is 0 Å². The van der Waals surface area contributed by atoms with E-state index < -0.39 is 17.5 Å². The van der Waals surface area contributed by atoms with Crippen molar-refractivity contribution in [3.8, 4) is 10.8 Å². The second-order valence-corrected chi connectivity index (χ2v) is 6.19. The third-order valence-corrected chi connectivity index (χ3v) is 4.34. The third kappa shape index (κ3) is 3.93. The maximum atomic E-state index is 13.4. The Morgan fingerprint density at radius 3 is 2.96 bits per heavy atom. The molecule has 3 rings (SSSR count). The van der Waals surface area contributed by atoms with Crippen LogP contribution in [0.2, 0.25) is 0 Å². The second-order valence-electron chi connectivity index (χ2n) is 4.31. The van der Waals surface area contributed by atoms with Crippen LogP contribution < -0.4 is 5.32 Å². The van der Waals surface area contributed by atoms with Crippen LogP contribution in [0.25, 0.3) is 10.8 Å². The number of carbonyl (C=O) groups is 1. The highest BCUT2D eigenvalue weighted by molar-refractivity contribution is 7.99. The Balaban J connectivity index is 1.58. The molecular formula is C14H9F2N3O2S2. The van der Waals surface area contributed by atoms with E-state index >= 15 is 0 Å². The molecule has 0 fully saturated rings. The molecule has 0 saturated carbocycles. The predicted octanol–water partition coefficient (Wildman–Crippen LogP) is 3.81. The largest absolute Gasteiger partial charge is 0.410 e. The number of rotatable bonds is 5. The van der Waals surface area contributed by atoms with Crippen LogP contribution in [0.3, 0.4) is 0 Å². The van der Waals surface area contributed by atoms with Crippen molar-refractivity contribution >= 4 is 34.7 Å². The molecule has 1 amide bonds. The number of nitrogens with one attached hydrogen (secondary N) is 1. The Morgan fingerprint density at radius 2 is 2.17 bits per heavy atom. The monoisotopic (exact) mass is 353 g/mol. The summed E-state index contributed by atoms with van der Waals surface area (Å²) in [5.41, 5.74) is -0.208. The fraction of sp³-hybridized carbons (Fsp3) is 0.0714. The first-order chi connectivity index (χ1) is 11.1. The number of nitrogens with zero attached hydrogens (tertiary/aromatic N) is 2. The summed E-state index contributed by atoms with van der Waals surface area (Å²) >= 11 is 2.47. The van der Waals surface area contributed by atoms with Gasteiger partial charge in [0.2, 0.25) is 5.91 Å². The van der Waals surface area contributed by atoms with Gasteiger partial charge in [0.25, 0.3) is 11.1 Å². The molecular weight excluding hydrogens is 344 g/mol. The molecule has 2 aromatic heterocycles. The molecule has 0 aliphatic heterocycles. The Morgan fingerprint density at radius 1 is 1.30 bits per heavy atom. The van der Waals surface area contributed by atoms with Crippen LogP contribution in [0.1, 0.15) is 0 Å². The maximum absolute atomic E-state index is 13.4. The standard InChI is InChI=1S/C14H9F2N3O2S2/c15-8-3-4-9(16)10(6-8)17-12(20)7-23-14-19-18-13(21-14)11-2-1-5-22-11/h1-6H,7H2,(H,17,20). The summed E-state index contributed by atoms with van der Waals surface area (Å²) in [7, 11) is 0. The van der Waals surface area contributed by atoms with E-state index in [0.717, 1.165) is 34.8 Å². The maximum Gasteiger partial charge on any atom is 0.277 e. The molecule has 0 radical (unpaired) electrons. The normalized spacial score (nSPS) is 10.7. The quantitative estimate of drug-likeness (QED) is 0.707. The van der Waals surface area contributed by atoms with Crippen molar-refractivity contribution in [2.75, 3.05) is 11.1 Å². The number of thiophene rings is 1. The highest BCUT2D eigenvalue weighted by Gasteiger charge is 2.13. The van der Waals surface area contributed by atoms with Crippen LogP contribution in [-0.4, -0.2) is 21.9 Å². The molecule has 0 aliphatic rings. The minimum atomic E-state index is -0.706. The average molecular weight is 353 g/mol. The molecule has 1 aromatic carbocycles. The van der Waals surface area contributed by atoms with Gasteiger partial charge in [-0.05, 0) is 23.6 Å². The summed E-state index contributed by atoms with van der Waals surface area (Å²) in [6.45, 7) is 0. The molecule has 2 heterocycles. The number of amides is 1. The predicted molar refractivity (Wildman–Crippen MR) is 83.3 cm³/mol. The van der Waals surface area contributed by atoms with E-state index in [1.54, 1.807) is 0 Å². The first-order valence-electron chi connectivity index (χ1n) is 6.37. The zero-order valence-electron chi connectivity index (χ0n) is 11.5. The number of carbonyl (C=O) groups excluding carboxylic acids is 1. The molecule has 3 aromatic rings. The SMILES string of the molecule is O=C(CSc1nnc(-c2cccs2)o1)Nc1cc(F)ccc1F. The van der Waals surface area contributed by atoms with E-state index in [4.69, 9.17) is 4.42 Å². The number of halogens is 2. The molecule has 23 heavy (non-hydrogen) atoms. The van der Waals surface area contributed by atoms with Crippen LogP contribution in [0.4, 0.5) is 14.5 Å². The van der Waals surface area contributed by atoms with Crippen molar-refractivity contribution < 1.29 is 18.0 Å². The molecule has 0 atom stereocenters. The summed E-state index contributed by atoms with van der Waals surface area (Å²) in [4.78, 5) is 12.6. The van der Waals surface area contributed by atoms with Crippen molar-refractivity contribution in [1.82, 2.24) is 10.2 Å².